The molecule has 1 N–H and O–H groups in total. The maximum absolute atomic E-state index is 5.51. The van der Waals surface area contributed by atoms with Crippen LogP contribution in [0.3, 0.4) is 0 Å². The molecule has 0 aliphatic carbocycles. The summed E-state index contributed by atoms with van der Waals surface area (Å²) < 4.78 is 12.0. The first-order chi connectivity index (χ1) is 9.28. The molecule has 19 heavy (non-hydrogen) atoms. The Morgan fingerprint density at radius 1 is 1.47 bits per heavy atom. The van der Waals surface area contributed by atoms with Crippen LogP contribution in [0.1, 0.15) is 18.2 Å². The molecule has 7 heteroatoms. The van der Waals surface area contributed by atoms with E-state index in [0.29, 0.717) is 24.4 Å². The minimum absolute atomic E-state index is 0.128. The van der Waals surface area contributed by atoms with Gasteiger partial charge in [0, 0.05) is 12.6 Å². The van der Waals surface area contributed by atoms with Gasteiger partial charge >= 0.3 is 0 Å². The maximum Gasteiger partial charge on any atom is 0.234 e. The number of halogens is 1. The van der Waals surface area contributed by atoms with Crippen LogP contribution in [-0.2, 0) is 4.74 Å². The van der Waals surface area contributed by atoms with Gasteiger partial charge in [-0.15, -0.1) is 11.3 Å². The van der Waals surface area contributed by atoms with Gasteiger partial charge in [-0.25, -0.2) is 0 Å². The first kappa shape index (κ1) is 13.2. The molecule has 2 aromatic heterocycles. The van der Waals surface area contributed by atoms with E-state index in [-0.39, 0.29) is 5.92 Å². The van der Waals surface area contributed by atoms with Crippen LogP contribution in [0.4, 0.5) is 0 Å². The predicted molar refractivity (Wildman–Crippen MR) is 76.3 cm³/mol. The molecule has 2 atom stereocenters. The lowest BCUT2D eigenvalue weighted by atomic mass is 9.96. The Morgan fingerprint density at radius 2 is 2.37 bits per heavy atom. The third-order valence-corrected chi connectivity index (χ3v) is 4.90. The molecular weight excluding hydrogens is 330 g/mol. The summed E-state index contributed by atoms with van der Waals surface area (Å²) in [5.74, 6) is 1.42. The van der Waals surface area contributed by atoms with Gasteiger partial charge in [0.1, 0.15) is 0 Å². The highest BCUT2D eigenvalue weighted by Gasteiger charge is 2.30. The molecule has 1 aliphatic rings. The van der Waals surface area contributed by atoms with E-state index in [4.69, 9.17) is 9.26 Å². The Kier molecular flexibility index (Phi) is 3.97. The highest BCUT2D eigenvalue weighted by molar-refractivity contribution is 9.11. The van der Waals surface area contributed by atoms with Gasteiger partial charge in [-0.3, -0.25) is 0 Å². The number of thiophene rings is 1. The second-order valence-corrected chi connectivity index (χ2v) is 6.89. The van der Waals surface area contributed by atoms with Crippen molar-refractivity contribution in [3.8, 4) is 10.7 Å². The van der Waals surface area contributed by atoms with Crippen LogP contribution < -0.4 is 5.32 Å². The van der Waals surface area contributed by atoms with Gasteiger partial charge in [-0.1, -0.05) is 5.16 Å². The third-order valence-electron chi connectivity index (χ3n) is 3.28. The van der Waals surface area contributed by atoms with E-state index in [1.165, 1.54) is 0 Å². The normalized spacial score (nSPS) is 23.7. The maximum atomic E-state index is 5.51. The number of hydrogen-bond donors (Lipinski definition) is 1. The standard InChI is InChI=1S/C12H14BrN3O2S/c1-14-8-4-5-17-6-7(8)12-15-11(16-18-12)9-2-3-10(13)19-9/h2-3,7-8,14H,4-6H2,1H3. The second-order valence-electron chi connectivity index (χ2n) is 4.43. The fraction of sp³-hybridized carbons (Fsp3) is 0.500. The van der Waals surface area contributed by atoms with Crippen molar-refractivity contribution in [3.05, 3.63) is 21.8 Å². The molecule has 1 saturated heterocycles. The van der Waals surface area contributed by atoms with Gasteiger partial charge in [-0.2, -0.15) is 4.98 Å². The monoisotopic (exact) mass is 343 g/mol. The molecule has 0 bridgehead atoms. The summed E-state index contributed by atoms with van der Waals surface area (Å²) in [4.78, 5) is 5.51. The third kappa shape index (κ3) is 2.74. The Bertz CT molecular complexity index is 557. The molecule has 0 saturated carbocycles. The first-order valence-electron chi connectivity index (χ1n) is 6.12. The zero-order valence-corrected chi connectivity index (χ0v) is 12.8. The van der Waals surface area contributed by atoms with Gasteiger partial charge < -0.3 is 14.6 Å². The fourth-order valence-electron chi connectivity index (χ4n) is 2.25. The van der Waals surface area contributed by atoms with Crippen molar-refractivity contribution in [1.82, 2.24) is 15.5 Å². The number of rotatable bonds is 3. The van der Waals surface area contributed by atoms with Crippen LogP contribution in [0, 0.1) is 0 Å². The highest BCUT2D eigenvalue weighted by Crippen LogP contribution is 2.31. The Labute approximate surface area is 123 Å². The van der Waals surface area contributed by atoms with Crippen molar-refractivity contribution in [2.45, 2.75) is 18.4 Å². The number of nitrogens with zero attached hydrogens (tertiary/aromatic N) is 2. The van der Waals surface area contributed by atoms with E-state index in [0.717, 1.165) is 21.7 Å². The van der Waals surface area contributed by atoms with E-state index >= 15 is 0 Å². The number of aromatic nitrogens is 2. The number of hydrogen-bond acceptors (Lipinski definition) is 6. The number of nitrogens with one attached hydrogen (secondary N) is 1. The summed E-state index contributed by atoms with van der Waals surface area (Å²) in [5.41, 5.74) is 0. The summed E-state index contributed by atoms with van der Waals surface area (Å²) in [6.45, 7) is 1.40. The van der Waals surface area contributed by atoms with Gasteiger partial charge in [0.05, 0.1) is 21.2 Å². The average molecular weight is 344 g/mol. The van der Waals surface area contributed by atoms with Crippen LogP contribution in [0.25, 0.3) is 10.7 Å². The smallest absolute Gasteiger partial charge is 0.234 e. The van der Waals surface area contributed by atoms with Crippen LogP contribution in [0.2, 0.25) is 0 Å². The van der Waals surface area contributed by atoms with Crippen LogP contribution in [-0.4, -0.2) is 36.4 Å². The zero-order valence-electron chi connectivity index (χ0n) is 10.4. The van der Waals surface area contributed by atoms with Crippen molar-refractivity contribution >= 4 is 27.3 Å². The SMILES string of the molecule is CNC1CCOCC1c1nc(-c2ccc(Br)s2)no1. The lowest BCUT2D eigenvalue weighted by Crippen LogP contribution is -2.39. The minimum atomic E-state index is 0.128. The summed E-state index contributed by atoms with van der Waals surface area (Å²) in [6, 6.07) is 4.30. The zero-order chi connectivity index (χ0) is 13.2. The molecule has 2 unspecified atom stereocenters. The molecule has 0 aromatic carbocycles. The molecule has 1 aliphatic heterocycles. The fourth-order valence-corrected chi connectivity index (χ4v) is 3.56. The number of ether oxygens (including phenoxy) is 1. The van der Waals surface area contributed by atoms with Crippen LogP contribution in [0.15, 0.2) is 20.4 Å². The molecule has 1 fully saturated rings. The minimum Gasteiger partial charge on any atom is -0.381 e. The lowest BCUT2D eigenvalue weighted by Gasteiger charge is -2.28. The van der Waals surface area contributed by atoms with Gasteiger partial charge in [0.15, 0.2) is 0 Å². The van der Waals surface area contributed by atoms with Gasteiger partial charge in [0.2, 0.25) is 11.7 Å². The Morgan fingerprint density at radius 3 is 3.11 bits per heavy atom. The molecule has 0 radical (unpaired) electrons. The molecule has 3 rings (SSSR count). The quantitative estimate of drug-likeness (QED) is 0.928. The molecule has 0 spiro atoms. The molecular formula is C12H14BrN3O2S. The topological polar surface area (TPSA) is 60.2 Å². The van der Waals surface area contributed by atoms with E-state index in [2.05, 4.69) is 31.4 Å². The first-order valence-corrected chi connectivity index (χ1v) is 7.73. The van der Waals surface area contributed by atoms with Crippen molar-refractivity contribution in [2.24, 2.45) is 0 Å². The van der Waals surface area contributed by atoms with Crippen molar-refractivity contribution in [2.75, 3.05) is 20.3 Å². The van der Waals surface area contributed by atoms with Gasteiger partial charge in [0.25, 0.3) is 0 Å². The molecule has 102 valence electrons. The highest BCUT2D eigenvalue weighted by atomic mass is 79.9. The van der Waals surface area contributed by atoms with Crippen molar-refractivity contribution in [3.63, 3.8) is 0 Å². The van der Waals surface area contributed by atoms with Gasteiger partial charge in [-0.05, 0) is 41.5 Å². The molecule has 5 nitrogen and oxygen atoms in total. The summed E-state index contributed by atoms with van der Waals surface area (Å²) in [7, 11) is 1.96. The van der Waals surface area contributed by atoms with E-state index < -0.39 is 0 Å². The summed E-state index contributed by atoms with van der Waals surface area (Å²) in [5, 5.41) is 7.36. The van der Waals surface area contributed by atoms with E-state index in [1.54, 1.807) is 11.3 Å². The van der Waals surface area contributed by atoms with E-state index in [1.807, 2.05) is 19.2 Å². The molecule has 0 amide bonds. The average Bonchev–Trinajstić information content (AvgIpc) is 3.07. The Balaban J connectivity index is 1.84. The number of likely N-dealkylation sites (N-methyl/N-ethyl adjacent to an activating group) is 1. The van der Waals surface area contributed by atoms with Crippen LogP contribution >= 0.6 is 27.3 Å². The molecule has 3 heterocycles. The second kappa shape index (κ2) is 5.70. The van der Waals surface area contributed by atoms with Crippen LogP contribution in [0.5, 0.6) is 0 Å². The lowest BCUT2D eigenvalue weighted by molar-refractivity contribution is 0.0516. The predicted octanol–water partition coefficient (Wildman–Crippen LogP) is 2.65. The Hall–Kier alpha value is -0.760. The van der Waals surface area contributed by atoms with Crippen molar-refractivity contribution < 1.29 is 9.26 Å². The largest absolute Gasteiger partial charge is 0.381 e. The summed E-state index contributed by atoms with van der Waals surface area (Å²) >= 11 is 5.03. The molecule has 2 aromatic rings. The summed E-state index contributed by atoms with van der Waals surface area (Å²) in [6.07, 6.45) is 0.962. The van der Waals surface area contributed by atoms with E-state index in [9.17, 15) is 0 Å². The van der Waals surface area contributed by atoms with Crippen molar-refractivity contribution in [1.29, 1.82) is 0 Å².